The monoisotopic (exact) mass is 245 g/mol. The minimum atomic E-state index is 0.878. The van der Waals surface area contributed by atoms with Gasteiger partial charge in [0.1, 0.15) is 0 Å². The molecular formula is C17H27N. The summed E-state index contributed by atoms with van der Waals surface area (Å²) < 4.78 is 0. The molecule has 0 aromatic heterocycles. The van der Waals surface area contributed by atoms with Gasteiger partial charge < -0.3 is 5.73 Å². The zero-order chi connectivity index (χ0) is 12.6. The third-order valence-electron chi connectivity index (χ3n) is 4.46. The van der Waals surface area contributed by atoms with Crippen molar-refractivity contribution in [2.75, 3.05) is 6.54 Å². The Morgan fingerprint density at radius 1 is 0.889 bits per heavy atom. The maximum Gasteiger partial charge on any atom is -0.00746 e. The topological polar surface area (TPSA) is 26.0 Å². The summed E-state index contributed by atoms with van der Waals surface area (Å²) >= 11 is 0. The largest absolute Gasteiger partial charge is 0.330 e. The van der Waals surface area contributed by atoms with Crippen LogP contribution in [0.2, 0.25) is 0 Å². The van der Waals surface area contributed by atoms with Crippen molar-refractivity contribution in [2.45, 2.75) is 51.4 Å². The van der Waals surface area contributed by atoms with Gasteiger partial charge in [0, 0.05) is 0 Å². The van der Waals surface area contributed by atoms with Crippen molar-refractivity contribution in [3.8, 4) is 0 Å². The minimum absolute atomic E-state index is 0.878. The molecule has 0 atom stereocenters. The molecule has 1 aromatic carbocycles. The van der Waals surface area contributed by atoms with Crippen molar-refractivity contribution in [1.29, 1.82) is 0 Å². The molecule has 0 saturated heterocycles. The van der Waals surface area contributed by atoms with Crippen molar-refractivity contribution < 1.29 is 0 Å². The van der Waals surface area contributed by atoms with E-state index < -0.39 is 0 Å². The highest BCUT2D eigenvalue weighted by Gasteiger charge is 2.19. The van der Waals surface area contributed by atoms with E-state index in [4.69, 9.17) is 5.73 Å². The molecule has 0 heterocycles. The Morgan fingerprint density at radius 3 is 2.11 bits per heavy atom. The first-order valence-corrected chi connectivity index (χ1v) is 7.62. The van der Waals surface area contributed by atoms with Crippen LogP contribution in [0.5, 0.6) is 0 Å². The van der Waals surface area contributed by atoms with Crippen LogP contribution in [-0.2, 0) is 6.42 Å². The van der Waals surface area contributed by atoms with Crippen molar-refractivity contribution in [1.82, 2.24) is 0 Å². The summed E-state index contributed by atoms with van der Waals surface area (Å²) in [7, 11) is 0. The number of nitrogens with two attached hydrogens (primary N) is 1. The second kappa shape index (κ2) is 7.58. The third kappa shape index (κ3) is 4.45. The molecule has 0 bridgehead atoms. The Morgan fingerprint density at radius 2 is 1.50 bits per heavy atom. The van der Waals surface area contributed by atoms with Crippen LogP contribution in [0.4, 0.5) is 0 Å². The molecule has 1 fully saturated rings. The van der Waals surface area contributed by atoms with Crippen LogP contribution in [0, 0.1) is 11.8 Å². The lowest BCUT2D eigenvalue weighted by Gasteiger charge is -2.28. The van der Waals surface area contributed by atoms with Crippen LogP contribution in [0.15, 0.2) is 30.3 Å². The highest BCUT2D eigenvalue weighted by molar-refractivity contribution is 5.14. The fourth-order valence-corrected chi connectivity index (χ4v) is 3.28. The van der Waals surface area contributed by atoms with E-state index in [-0.39, 0.29) is 0 Å². The molecule has 2 rings (SSSR count). The maximum absolute atomic E-state index is 5.64. The molecule has 100 valence electrons. The zero-order valence-electron chi connectivity index (χ0n) is 11.5. The van der Waals surface area contributed by atoms with E-state index in [0.29, 0.717) is 0 Å². The second-order valence-corrected chi connectivity index (χ2v) is 5.84. The van der Waals surface area contributed by atoms with Gasteiger partial charge in [0.15, 0.2) is 0 Å². The van der Waals surface area contributed by atoms with Gasteiger partial charge in [0.05, 0.1) is 0 Å². The Labute approximate surface area is 112 Å². The third-order valence-corrected chi connectivity index (χ3v) is 4.46. The van der Waals surface area contributed by atoms with Crippen LogP contribution in [0.25, 0.3) is 0 Å². The molecule has 18 heavy (non-hydrogen) atoms. The first kappa shape index (κ1) is 13.6. The SMILES string of the molecule is NCCC1CCC(CCCc2ccccc2)CC1. The normalized spacial score (nSPS) is 24.1. The molecule has 1 aliphatic rings. The van der Waals surface area contributed by atoms with E-state index in [0.717, 1.165) is 18.4 Å². The Kier molecular flexibility index (Phi) is 5.73. The summed E-state index contributed by atoms with van der Waals surface area (Å²) in [5.74, 6) is 1.92. The van der Waals surface area contributed by atoms with Crippen LogP contribution in [-0.4, -0.2) is 6.54 Å². The van der Waals surface area contributed by atoms with Gasteiger partial charge in [0.25, 0.3) is 0 Å². The highest BCUT2D eigenvalue weighted by atomic mass is 14.5. The summed E-state index contributed by atoms with van der Waals surface area (Å²) in [4.78, 5) is 0. The van der Waals surface area contributed by atoms with Crippen LogP contribution < -0.4 is 5.73 Å². The Balaban J connectivity index is 1.61. The van der Waals surface area contributed by atoms with Crippen LogP contribution in [0.3, 0.4) is 0 Å². The molecule has 1 heteroatoms. The first-order valence-electron chi connectivity index (χ1n) is 7.62. The van der Waals surface area contributed by atoms with Gasteiger partial charge in [-0.05, 0) is 43.2 Å². The fourth-order valence-electron chi connectivity index (χ4n) is 3.28. The number of benzene rings is 1. The second-order valence-electron chi connectivity index (χ2n) is 5.84. The van der Waals surface area contributed by atoms with E-state index in [1.54, 1.807) is 0 Å². The molecule has 1 saturated carbocycles. The van der Waals surface area contributed by atoms with Gasteiger partial charge in [0.2, 0.25) is 0 Å². The van der Waals surface area contributed by atoms with Crippen LogP contribution >= 0.6 is 0 Å². The van der Waals surface area contributed by atoms with E-state index in [1.165, 1.54) is 56.9 Å². The zero-order valence-corrected chi connectivity index (χ0v) is 11.5. The molecule has 0 aliphatic heterocycles. The summed E-state index contributed by atoms with van der Waals surface area (Å²) in [6.07, 6.45) is 11.0. The fraction of sp³-hybridized carbons (Fsp3) is 0.647. The lowest BCUT2D eigenvalue weighted by Crippen LogP contribution is -2.17. The predicted molar refractivity (Wildman–Crippen MR) is 78.5 cm³/mol. The number of rotatable bonds is 6. The lowest BCUT2D eigenvalue weighted by molar-refractivity contribution is 0.252. The molecule has 1 aliphatic carbocycles. The minimum Gasteiger partial charge on any atom is -0.330 e. The highest BCUT2D eigenvalue weighted by Crippen LogP contribution is 2.33. The average Bonchev–Trinajstić information content (AvgIpc) is 2.42. The van der Waals surface area contributed by atoms with Gasteiger partial charge in [-0.1, -0.05) is 62.4 Å². The smallest absolute Gasteiger partial charge is 0.00746 e. The molecular weight excluding hydrogens is 218 g/mol. The summed E-state index contributed by atoms with van der Waals surface area (Å²) in [5.41, 5.74) is 7.13. The first-order chi connectivity index (χ1) is 8.88. The lowest BCUT2D eigenvalue weighted by atomic mass is 9.78. The Hall–Kier alpha value is -0.820. The molecule has 2 N–H and O–H groups in total. The van der Waals surface area contributed by atoms with Crippen LogP contribution in [0.1, 0.15) is 50.5 Å². The molecule has 0 radical (unpaired) electrons. The Bertz CT molecular complexity index is 312. The summed E-state index contributed by atoms with van der Waals surface area (Å²) in [5, 5.41) is 0. The van der Waals surface area contributed by atoms with E-state index >= 15 is 0 Å². The molecule has 1 aromatic rings. The predicted octanol–water partition coefficient (Wildman–Crippen LogP) is 4.16. The maximum atomic E-state index is 5.64. The molecule has 0 unspecified atom stereocenters. The van der Waals surface area contributed by atoms with Crippen molar-refractivity contribution in [2.24, 2.45) is 17.6 Å². The van der Waals surface area contributed by atoms with Crippen molar-refractivity contribution >= 4 is 0 Å². The van der Waals surface area contributed by atoms with Crippen molar-refractivity contribution in [3.05, 3.63) is 35.9 Å². The van der Waals surface area contributed by atoms with E-state index in [2.05, 4.69) is 30.3 Å². The number of hydrogen-bond donors (Lipinski definition) is 1. The van der Waals surface area contributed by atoms with Gasteiger partial charge in [-0.25, -0.2) is 0 Å². The molecule has 1 nitrogen and oxygen atoms in total. The van der Waals surface area contributed by atoms with Gasteiger partial charge in [-0.15, -0.1) is 0 Å². The van der Waals surface area contributed by atoms with E-state index in [9.17, 15) is 0 Å². The molecule has 0 spiro atoms. The average molecular weight is 245 g/mol. The summed E-state index contributed by atoms with van der Waals surface area (Å²) in [6, 6.07) is 10.9. The van der Waals surface area contributed by atoms with Gasteiger partial charge in [-0.2, -0.15) is 0 Å². The number of hydrogen-bond acceptors (Lipinski definition) is 1. The quantitative estimate of drug-likeness (QED) is 0.800. The standard InChI is InChI=1S/C17H27N/c18-14-13-17-11-9-16(10-12-17)8-4-7-15-5-2-1-3-6-15/h1-3,5-6,16-17H,4,7-14,18H2. The molecule has 0 amide bonds. The van der Waals surface area contributed by atoms with Crippen molar-refractivity contribution in [3.63, 3.8) is 0 Å². The van der Waals surface area contributed by atoms with E-state index in [1.807, 2.05) is 0 Å². The van der Waals surface area contributed by atoms with Gasteiger partial charge in [-0.3, -0.25) is 0 Å². The number of aryl methyl sites for hydroxylation is 1. The summed E-state index contributed by atoms with van der Waals surface area (Å²) in [6.45, 7) is 0.878. The van der Waals surface area contributed by atoms with Gasteiger partial charge >= 0.3 is 0 Å².